The van der Waals surface area contributed by atoms with Gasteiger partial charge in [0.2, 0.25) is 20.0 Å². The molecule has 3 rings (SSSR count). The molecule has 1 aromatic carbocycles. The Bertz CT molecular complexity index is 1080. The molecule has 1 aliphatic rings. The lowest BCUT2D eigenvalue weighted by Crippen LogP contribution is -2.50. The zero-order valence-corrected chi connectivity index (χ0v) is 19.6. The molecule has 1 fully saturated rings. The minimum absolute atomic E-state index is 0.114. The highest BCUT2D eigenvalue weighted by Gasteiger charge is 2.35. The molecule has 1 aliphatic heterocycles. The van der Waals surface area contributed by atoms with Crippen molar-refractivity contribution in [1.82, 2.24) is 18.4 Å². The second-order valence-corrected chi connectivity index (χ2v) is 11.5. The molecule has 30 heavy (non-hydrogen) atoms. The lowest BCUT2D eigenvalue weighted by molar-refractivity contribution is 0.272. The van der Waals surface area contributed by atoms with E-state index in [9.17, 15) is 16.8 Å². The topological polar surface area (TPSA) is 92.6 Å². The molecule has 2 aromatic rings. The molecular formula is C20H30N4O4S2. The van der Waals surface area contributed by atoms with Crippen LogP contribution in [0.25, 0.3) is 0 Å². The van der Waals surface area contributed by atoms with Crippen molar-refractivity contribution in [2.24, 2.45) is 0 Å². The number of hydrogen-bond acceptors (Lipinski definition) is 5. The van der Waals surface area contributed by atoms with E-state index in [-0.39, 0.29) is 36.0 Å². The summed E-state index contributed by atoms with van der Waals surface area (Å²) in [6.07, 6.45) is 2.52. The number of rotatable bonds is 7. The van der Waals surface area contributed by atoms with Gasteiger partial charge in [0.05, 0.1) is 10.6 Å². The van der Waals surface area contributed by atoms with Crippen LogP contribution >= 0.6 is 0 Å². The van der Waals surface area contributed by atoms with E-state index in [1.54, 1.807) is 23.7 Å². The van der Waals surface area contributed by atoms with E-state index in [1.165, 1.54) is 14.8 Å². The van der Waals surface area contributed by atoms with Gasteiger partial charge in [-0.05, 0) is 43.9 Å². The highest BCUT2D eigenvalue weighted by atomic mass is 32.2. The van der Waals surface area contributed by atoms with E-state index in [1.807, 2.05) is 19.1 Å². The van der Waals surface area contributed by atoms with E-state index < -0.39 is 20.0 Å². The van der Waals surface area contributed by atoms with Crippen molar-refractivity contribution in [3.8, 4) is 0 Å². The molecule has 0 N–H and O–H groups in total. The summed E-state index contributed by atoms with van der Waals surface area (Å²) in [6.45, 7) is 8.81. The van der Waals surface area contributed by atoms with Crippen LogP contribution in [-0.2, 0) is 26.6 Å². The third kappa shape index (κ3) is 4.32. The van der Waals surface area contributed by atoms with Gasteiger partial charge in [-0.2, -0.15) is 13.7 Å². The number of sulfonamides is 2. The first-order valence-electron chi connectivity index (χ1n) is 10.3. The van der Waals surface area contributed by atoms with E-state index >= 15 is 0 Å². The molecular weight excluding hydrogens is 424 g/mol. The maximum atomic E-state index is 13.0. The van der Waals surface area contributed by atoms with Crippen LogP contribution in [0.5, 0.6) is 0 Å². The Morgan fingerprint density at radius 2 is 1.47 bits per heavy atom. The van der Waals surface area contributed by atoms with Crippen LogP contribution in [-0.4, -0.2) is 61.4 Å². The monoisotopic (exact) mass is 454 g/mol. The van der Waals surface area contributed by atoms with Crippen LogP contribution in [0, 0.1) is 6.92 Å². The van der Waals surface area contributed by atoms with Gasteiger partial charge in [0.25, 0.3) is 0 Å². The summed E-state index contributed by atoms with van der Waals surface area (Å²) in [5, 5.41) is 4.21. The Morgan fingerprint density at radius 3 is 1.93 bits per heavy atom. The maximum Gasteiger partial charge on any atom is 0.246 e. The molecule has 0 amide bonds. The fourth-order valence-electron chi connectivity index (χ4n) is 3.56. The van der Waals surface area contributed by atoms with Crippen LogP contribution in [0.2, 0.25) is 0 Å². The van der Waals surface area contributed by atoms with Crippen LogP contribution in [0.4, 0.5) is 0 Å². The zero-order valence-electron chi connectivity index (χ0n) is 17.9. The van der Waals surface area contributed by atoms with Gasteiger partial charge in [-0.15, -0.1) is 0 Å². The smallest absolute Gasteiger partial charge is 0.246 e. The number of aryl methyl sites for hydroxylation is 2. The first kappa shape index (κ1) is 22.9. The van der Waals surface area contributed by atoms with Crippen molar-refractivity contribution in [2.75, 3.05) is 26.2 Å². The van der Waals surface area contributed by atoms with Gasteiger partial charge >= 0.3 is 0 Å². The van der Waals surface area contributed by atoms with Gasteiger partial charge in [-0.25, -0.2) is 16.8 Å². The van der Waals surface area contributed by atoms with Gasteiger partial charge in [-0.1, -0.05) is 26.0 Å². The van der Waals surface area contributed by atoms with Gasteiger partial charge in [0, 0.05) is 38.9 Å². The second kappa shape index (κ2) is 8.78. The van der Waals surface area contributed by atoms with Crippen LogP contribution in [0.1, 0.15) is 44.4 Å². The summed E-state index contributed by atoms with van der Waals surface area (Å²) in [7, 11) is -7.36. The minimum atomic E-state index is -3.71. The number of piperazine rings is 1. The summed E-state index contributed by atoms with van der Waals surface area (Å²) in [4.78, 5) is 0.423. The number of hydrogen-bond donors (Lipinski definition) is 0. The van der Waals surface area contributed by atoms with Crippen molar-refractivity contribution in [3.63, 3.8) is 0 Å². The standard InChI is InChI=1S/C20H30N4O4S2/c1-5-16(3)18-7-9-19(10-8-18)29(25,26)23-11-13-24(14-12-23)30(27,28)20-15-22(6-2)21-17(20)4/h7-10,15-16H,5-6,11-14H2,1-4H3. The molecule has 1 unspecified atom stereocenters. The van der Waals surface area contributed by atoms with Gasteiger partial charge in [-0.3, -0.25) is 4.68 Å². The molecule has 8 nitrogen and oxygen atoms in total. The van der Waals surface area contributed by atoms with Crippen molar-refractivity contribution in [2.45, 2.75) is 56.4 Å². The quantitative estimate of drug-likeness (QED) is 0.641. The van der Waals surface area contributed by atoms with E-state index in [4.69, 9.17) is 0 Å². The fourth-order valence-corrected chi connectivity index (χ4v) is 6.57. The number of aromatic nitrogens is 2. The first-order valence-corrected chi connectivity index (χ1v) is 13.1. The number of nitrogens with zero attached hydrogens (tertiary/aromatic N) is 4. The molecule has 0 bridgehead atoms. The summed E-state index contributed by atoms with van der Waals surface area (Å²) < 4.78 is 56.3. The van der Waals surface area contributed by atoms with Crippen molar-refractivity contribution >= 4 is 20.0 Å². The Morgan fingerprint density at radius 1 is 0.933 bits per heavy atom. The lowest BCUT2D eigenvalue weighted by atomic mass is 9.99. The van der Waals surface area contributed by atoms with E-state index in [2.05, 4.69) is 18.9 Å². The van der Waals surface area contributed by atoms with Gasteiger partial charge < -0.3 is 0 Å². The Hall–Kier alpha value is -1.75. The summed E-state index contributed by atoms with van der Waals surface area (Å²) in [5.74, 6) is 0.371. The number of benzene rings is 1. The zero-order chi connectivity index (χ0) is 22.1. The van der Waals surface area contributed by atoms with Crippen LogP contribution < -0.4 is 0 Å². The second-order valence-electron chi connectivity index (χ2n) is 7.62. The maximum absolute atomic E-state index is 13.0. The molecule has 1 saturated heterocycles. The highest BCUT2D eigenvalue weighted by Crippen LogP contribution is 2.25. The molecule has 1 aromatic heterocycles. The normalized spacial score (nSPS) is 17.9. The van der Waals surface area contributed by atoms with E-state index in [0.29, 0.717) is 18.2 Å². The Kier molecular flexibility index (Phi) is 6.71. The molecule has 0 spiro atoms. The summed E-state index contributed by atoms with van der Waals surface area (Å²) >= 11 is 0. The Balaban J connectivity index is 1.73. The van der Waals surface area contributed by atoms with Crippen molar-refractivity contribution in [3.05, 3.63) is 41.7 Å². The lowest BCUT2D eigenvalue weighted by Gasteiger charge is -2.33. The third-order valence-corrected chi connectivity index (χ3v) is 9.65. The van der Waals surface area contributed by atoms with Crippen molar-refractivity contribution in [1.29, 1.82) is 0 Å². The molecule has 1 atom stereocenters. The summed E-state index contributed by atoms with van der Waals surface area (Å²) in [6, 6.07) is 7.00. The molecule has 2 heterocycles. The largest absolute Gasteiger partial charge is 0.271 e. The van der Waals surface area contributed by atoms with Gasteiger partial charge in [0.15, 0.2) is 0 Å². The fraction of sp³-hybridized carbons (Fsp3) is 0.550. The van der Waals surface area contributed by atoms with Gasteiger partial charge in [0.1, 0.15) is 4.90 Å². The third-order valence-electron chi connectivity index (χ3n) is 5.74. The van der Waals surface area contributed by atoms with Crippen molar-refractivity contribution < 1.29 is 16.8 Å². The summed E-state index contributed by atoms with van der Waals surface area (Å²) in [5.41, 5.74) is 1.56. The average molecular weight is 455 g/mol. The highest BCUT2D eigenvalue weighted by molar-refractivity contribution is 7.89. The predicted octanol–water partition coefficient (Wildman–Crippen LogP) is 2.42. The Labute approximate surface area is 179 Å². The average Bonchev–Trinajstić information content (AvgIpc) is 3.15. The SMILES string of the molecule is CCC(C)c1ccc(S(=O)(=O)N2CCN(S(=O)(=O)c3cn(CC)nc3C)CC2)cc1. The minimum Gasteiger partial charge on any atom is -0.271 e. The first-order chi connectivity index (χ1) is 14.1. The predicted molar refractivity (Wildman–Crippen MR) is 115 cm³/mol. The van der Waals surface area contributed by atoms with E-state index in [0.717, 1.165) is 12.0 Å². The molecule has 10 heteroatoms. The molecule has 0 saturated carbocycles. The molecule has 0 aliphatic carbocycles. The van der Waals surface area contributed by atoms with Crippen LogP contribution in [0.15, 0.2) is 40.3 Å². The molecule has 0 radical (unpaired) electrons. The van der Waals surface area contributed by atoms with Crippen LogP contribution in [0.3, 0.4) is 0 Å². The molecule has 166 valence electrons.